The summed E-state index contributed by atoms with van der Waals surface area (Å²) in [6, 6.07) is 1.99. The average Bonchev–Trinajstić information content (AvgIpc) is 2.89. The molecule has 2 aromatic heterocycles. The maximum absolute atomic E-state index is 6.01. The molecule has 0 radical (unpaired) electrons. The first-order valence-corrected chi connectivity index (χ1v) is 8.36. The lowest BCUT2D eigenvalue weighted by Gasteiger charge is -2.32. The molecule has 0 saturated carbocycles. The number of nitrogen functional groups attached to an aromatic ring is 1. The highest BCUT2D eigenvalue weighted by molar-refractivity contribution is 7.16. The van der Waals surface area contributed by atoms with Gasteiger partial charge in [0.2, 0.25) is 0 Å². The lowest BCUT2D eigenvalue weighted by molar-refractivity contribution is 0.154. The summed E-state index contributed by atoms with van der Waals surface area (Å²) >= 11 is 1.63. The summed E-state index contributed by atoms with van der Waals surface area (Å²) in [7, 11) is 4.30. The Bertz CT molecular complexity index is 601. The van der Waals surface area contributed by atoms with Gasteiger partial charge >= 0.3 is 0 Å². The van der Waals surface area contributed by atoms with Crippen LogP contribution in [0.1, 0.15) is 18.7 Å². The van der Waals surface area contributed by atoms with Gasteiger partial charge in [0.1, 0.15) is 16.5 Å². The van der Waals surface area contributed by atoms with Gasteiger partial charge in [-0.2, -0.15) is 0 Å². The van der Waals surface area contributed by atoms with E-state index in [-0.39, 0.29) is 0 Å². The van der Waals surface area contributed by atoms with Gasteiger partial charge in [-0.1, -0.05) is 0 Å². The summed E-state index contributed by atoms with van der Waals surface area (Å²) in [6.07, 6.45) is 2.52. The molecular formula is C15H23N5S. The smallest absolute Gasteiger partial charge is 0.146 e. The molecule has 0 aromatic carbocycles. The fourth-order valence-corrected chi connectivity index (χ4v) is 3.83. The molecule has 0 bridgehead atoms. The molecule has 5 nitrogen and oxygen atoms in total. The molecule has 0 aliphatic carbocycles. The van der Waals surface area contributed by atoms with Crippen molar-refractivity contribution in [2.24, 2.45) is 5.92 Å². The second-order valence-corrected chi connectivity index (χ2v) is 7.04. The zero-order chi connectivity index (χ0) is 14.8. The molecule has 3 heterocycles. The zero-order valence-electron chi connectivity index (χ0n) is 12.7. The molecule has 114 valence electrons. The van der Waals surface area contributed by atoms with E-state index in [2.05, 4.69) is 33.9 Å². The number of likely N-dealkylation sites (tertiary alicyclic amines) is 1. The topological polar surface area (TPSA) is 58.3 Å². The predicted molar refractivity (Wildman–Crippen MR) is 88.4 cm³/mol. The number of aromatic nitrogens is 2. The third-order valence-corrected chi connectivity index (χ3v) is 4.90. The molecule has 2 N–H and O–H groups in total. The lowest BCUT2D eigenvalue weighted by atomic mass is 9.96. The predicted octanol–water partition coefficient (Wildman–Crippen LogP) is 2.05. The fourth-order valence-electron chi connectivity index (χ4n) is 3.04. The number of hydrogen-bond donors (Lipinski definition) is 1. The fraction of sp³-hybridized carbons (Fsp3) is 0.600. The van der Waals surface area contributed by atoms with Crippen molar-refractivity contribution in [3.05, 3.63) is 17.3 Å². The summed E-state index contributed by atoms with van der Waals surface area (Å²) in [5, 5.41) is 3.00. The van der Waals surface area contributed by atoms with Crippen LogP contribution in [0.15, 0.2) is 11.4 Å². The largest absolute Gasteiger partial charge is 0.383 e. The van der Waals surface area contributed by atoms with Crippen LogP contribution in [-0.4, -0.2) is 53.5 Å². The van der Waals surface area contributed by atoms with Crippen molar-refractivity contribution in [3.8, 4) is 0 Å². The number of anilines is 1. The van der Waals surface area contributed by atoms with Gasteiger partial charge in [0.25, 0.3) is 0 Å². The van der Waals surface area contributed by atoms with E-state index in [4.69, 9.17) is 5.73 Å². The summed E-state index contributed by atoms with van der Waals surface area (Å²) in [4.78, 5) is 14.8. The number of fused-ring (bicyclic) bond motifs is 1. The summed E-state index contributed by atoms with van der Waals surface area (Å²) in [5.41, 5.74) is 6.01. The number of nitrogens with zero attached hydrogens (tertiary/aromatic N) is 4. The molecule has 2 aromatic rings. The van der Waals surface area contributed by atoms with Crippen LogP contribution < -0.4 is 5.73 Å². The molecule has 1 aliphatic rings. The van der Waals surface area contributed by atoms with E-state index in [1.165, 1.54) is 19.4 Å². The molecule has 1 aliphatic heterocycles. The standard InChI is InChI=1S/C15H23N5S/c1-19(2)9-11-3-6-20(7-4-11)10-13-17-14(16)12-5-8-21-15(12)18-13/h5,8,11H,3-4,6-7,9-10H2,1-2H3,(H2,16,17,18). The monoisotopic (exact) mass is 305 g/mol. The van der Waals surface area contributed by atoms with Crippen LogP contribution in [0, 0.1) is 5.92 Å². The molecule has 3 rings (SSSR count). The van der Waals surface area contributed by atoms with E-state index in [0.717, 1.165) is 41.6 Å². The molecule has 0 unspecified atom stereocenters. The quantitative estimate of drug-likeness (QED) is 0.937. The minimum absolute atomic E-state index is 0.610. The van der Waals surface area contributed by atoms with Gasteiger partial charge in [0.05, 0.1) is 11.9 Å². The van der Waals surface area contributed by atoms with Gasteiger partial charge in [0.15, 0.2) is 0 Å². The molecule has 6 heteroatoms. The Morgan fingerprint density at radius 2 is 2.10 bits per heavy atom. The van der Waals surface area contributed by atoms with Crippen LogP contribution in [0.2, 0.25) is 0 Å². The molecule has 0 atom stereocenters. The second-order valence-electron chi connectivity index (χ2n) is 6.15. The Morgan fingerprint density at radius 1 is 1.33 bits per heavy atom. The zero-order valence-corrected chi connectivity index (χ0v) is 13.6. The van der Waals surface area contributed by atoms with Crippen LogP contribution in [0.3, 0.4) is 0 Å². The van der Waals surface area contributed by atoms with Crippen molar-refractivity contribution < 1.29 is 0 Å². The van der Waals surface area contributed by atoms with Gasteiger partial charge in [0, 0.05) is 6.54 Å². The first-order valence-electron chi connectivity index (χ1n) is 7.48. The number of thiophene rings is 1. The highest BCUT2D eigenvalue weighted by atomic mass is 32.1. The van der Waals surface area contributed by atoms with Crippen molar-refractivity contribution in [2.75, 3.05) is 39.5 Å². The third-order valence-electron chi connectivity index (χ3n) is 4.10. The SMILES string of the molecule is CN(C)CC1CCN(Cc2nc(N)c3ccsc3n2)CC1. The van der Waals surface area contributed by atoms with E-state index >= 15 is 0 Å². The van der Waals surface area contributed by atoms with E-state index in [9.17, 15) is 0 Å². The Morgan fingerprint density at radius 3 is 2.81 bits per heavy atom. The third kappa shape index (κ3) is 3.51. The van der Waals surface area contributed by atoms with Crippen molar-refractivity contribution >= 4 is 27.4 Å². The van der Waals surface area contributed by atoms with Gasteiger partial charge in [-0.05, 0) is 57.4 Å². The number of hydrogen-bond acceptors (Lipinski definition) is 6. The maximum Gasteiger partial charge on any atom is 0.146 e. The second kappa shape index (κ2) is 6.25. The highest BCUT2D eigenvalue weighted by Gasteiger charge is 2.20. The average molecular weight is 305 g/mol. The van der Waals surface area contributed by atoms with Crippen molar-refractivity contribution in [1.29, 1.82) is 0 Å². The van der Waals surface area contributed by atoms with Gasteiger partial charge in [-0.3, -0.25) is 4.90 Å². The van der Waals surface area contributed by atoms with Crippen molar-refractivity contribution in [3.63, 3.8) is 0 Å². The first kappa shape index (κ1) is 14.7. The normalized spacial score (nSPS) is 17.9. The number of nitrogens with two attached hydrogens (primary N) is 1. The Kier molecular flexibility index (Phi) is 4.37. The Labute approximate surface area is 129 Å². The highest BCUT2D eigenvalue weighted by Crippen LogP contribution is 2.24. The van der Waals surface area contributed by atoms with Crippen LogP contribution >= 0.6 is 11.3 Å². The molecular weight excluding hydrogens is 282 g/mol. The van der Waals surface area contributed by atoms with E-state index in [1.54, 1.807) is 11.3 Å². The molecule has 1 fully saturated rings. The lowest BCUT2D eigenvalue weighted by Crippen LogP contribution is -2.37. The molecule has 1 saturated heterocycles. The Hall–Kier alpha value is -1.24. The summed E-state index contributed by atoms with van der Waals surface area (Å²) < 4.78 is 0. The summed E-state index contributed by atoms with van der Waals surface area (Å²) in [6.45, 7) is 4.26. The van der Waals surface area contributed by atoms with Crippen molar-refractivity contribution in [2.45, 2.75) is 19.4 Å². The van der Waals surface area contributed by atoms with Crippen molar-refractivity contribution in [1.82, 2.24) is 19.8 Å². The Balaban J connectivity index is 1.61. The van der Waals surface area contributed by atoms with E-state index in [0.29, 0.717) is 5.82 Å². The molecule has 0 spiro atoms. The van der Waals surface area contributed by atoms with Crippen LogP contribution in [0.4, 0.5) is 5.82 Å². The minimum Gasteiger partial charge on any atom is -0.383 e. The first-order chi connectivity index (χ1) is 10.1. The van der Waals surface area contributed by atoms with Gasteiger partial charge in [-0.25, -0.2) is 9.97 Å². The summed E-state index contributed by atoms with van der Waals surface area (Å²) in [5.74, 6) is 2.29. The maximum atomic E-state index is 6.01. The number of rotatable bonds is 4. The molecule has 21 heavy (non-hydrogen) atoms. The molecule has 0 amide bonds. The van der Waals surface area contributed by atoms with Crippen LogP contribution in [-0.2, 0) is 6.54 Å². The van der Waals surface area contributed by atoms with Crippen LogP contribution in [0.5, 0.6) is 0 Å². The van der Waals surface area contributed by atoms with Gasteiger partial charge < -0.3 is 10.6 Å². The number of piperidine rings is 1. The van der Waals surface area contributed by atoms with E-state index in [1.807, 2.05) is 11.4 Å². The minimum atomic E-state index is 0.610. The van der Waals surface area contributed by atoms with Crippen LogP contribution in [0.25, 0.3) is 10.2 Å². The van der Waals surface area contributed by atoms with Gasteiger partial charge in [-0.15, -0.1) is 11.3 Å². The van der Waals surface area contributed by atoms with E-state index < -0.39 is 0 Å².